The Morgan fingerprint density at radius 3 is 2.42 bits per heavy atom. The first-order chi connectivity index (χ1) is 5.56. The van der Waals surface area contributed by atoms with Crippen LogP contribution in [0.4, 0.5) is 0 Å². The number of nitrogens with one attached hydrogen (secondary N) is 1. The van der Waals surface area contributed by atoms with E-state index in [0.29, 0.717) is 11.2 Å². The monoisotopic (exact) mass is 187 g/mol. The highest BCUT2D eigenvalue weighted by Crippen LogP contribution is 1.94. The van der Waals surface area contributed by atoms with Crippen LogP contribution in [0.1, 0.15) is 27.7 Å². The molecule has 0 aromatic rings. The molecule has 0 fully saturated rings. The van der Waals surface area contributed by atoms with Crippen molar-refractivity contribution in [3.63, 3.8) is 0 Å². The summed E-state index contributed by atoms with van der Waals surface area (Å²) in [6, 6.07) is 0.329. The van der Waals surface area contributed by atoms with Crippen LogP contribution in [0, 0.1) is 0 Å². The highest BCUT2D eigenvalue weighted by atomic mass is 32.1. The minimum absolute atomic E-state index is 0.0498. The Bertz CT molecular complexity index is 166. The Labute approximate surface area is 80.0 Å². The predicted octanol–water partition coefficient (Wildman–Crippen LogP) is 2.25. The van der Waals surface area contributed by atoms with Gasteiger partial charge in [-0.2, -0.15) is 0 Å². The fourth-order valence-electron chi connectivity index (χ4n) is 0.749. The van der Waals surface area contributed by atoms with Gasteiger partial charge in [-0.25, -0.2) is 0 Å². The molecule has 70 valence electrons. The van der Waals surface area contributed by atoms with Gasteiger partial charge < -0.3 is 10.1 Å². The predicted molar refractivity (Wildman–Crippen MR) is 56.2 cm³/mol. The molecular formula is C9H17NOS. The van der Waals surface area contributed by atoms with Gasteiger partial charge in [-0.1, -0.05) is 6.08 Å². The normalized spacial score (nSPS) is 13.4. The molecule has 3 heteroatoms. The Morgan fingerprint density at radius 2 is 2.00 bits per heavy atom. The summed E-state index contributed by atoms with van der Waals surface area (Å²) in [4.78, 5) is 0. The van der Waals surface area contributed by atoms with E-state index in [4.69, 9.17) is 17.0 Å². The summed E-state index contributed by atoms with van der Waals surface area (Å²) < 4.78 is 5.34. The smallest absolute Gasteiger partial charge is 0.257 e. The third-order valence-corrected chi connectivity index (χ3v) is 1.38. The van der Waals surface area contributed by atoms with Crippen molar-refractivity contribution in [2.24, 2.45) is 0 Å². The molecule has 0 rings (SSSR count). The lowest BCUT2D eigenvalue weighted by Gasteiger charge is -2.15. The van der Waals surface area contributed by atoms with Crippen molar-refractivity contribution in [2.45, 2.75) is 39.8 Å². The van der Waals surface area contributed by atoms with E-state index in [1.807, 2.05) is 39.8 Å². The number of hydrogen-bond acceptors (Lipinski definition) is 2. The van der Waals surface area contributed by atoms with E-state index in [1.165, 1.54) is 0 Å². The van der Waals surface area contributed by atoms with Gasteiger partial charge in [0.1, 0.15) is 6.10 Å². The average molecular weight is 187 g/mol. The molecule has 0 heterocycles. The first kappa shape index (κ1) is 11.4. The van der Waals surface area contributed by atoms with Crippen LogP contribution in [0.25, 0.3) is 0 Å². The maximum absolute atomic E-state index is 5.34. The summed E-state index contributed by atoms with van der Waals surface area (Å²) >= 11 is 4.95. The highest BCUT2D eigenvalue weighted by molar-refractivity contribution is 7.80. The van der Waals surface area contributed by atoms with Crippen molar-refractivity contribution in [1.82, 2.24) is 5.32 Å². The fraction of sp³-hybridized carbons (Fsp3) is 0.667. The van der Waals surface area contributed by atoms with Gasteiger partial charge in [0.05, 0.1) is 0 Å². The first-order valence-electron chi connectivity index (χ1n) is 4.16. The number of hydrogen-bond donors (Lipinski definition) is 1. The van der Waals surface area contributed by atoms with Crippen LogP contribution >= 0.6 is 12.2 Å². The zero-order valence-electron chi connectivity index (χ0n) is 8.13. The van der Waals surface area contributed by atoms with Gasteiger partial charge in [-0.15, -0.1) is 0 Å². The van der Waals surface area contributed by atoms with Gasteiger partial charge in [0.15, 0.2) is 0 Å². The lowest BCUT2D eigenvalue weighted by molar-refractivity contribution is 0.248. The lowest BCUT2D eigenvalue weighted by atomic mass is 10.4. The van der Waals surface area contributed by atoms with Crippen LogP contribution in [0.15, 0.2) is 12.2 Å². The van der Waals surface area contributed by atoms with Crippen molar-refractivity contribution in [2.75, 3.05) is 0 Å². The Morgan fingerprint density at radius 1 is 1.42 bits per heavy atom. The maximum atomic E-state index is 5.34. The molecule has 0 aromatic heterocycles. The molecule has 1 N–H and O–H groups in total. The quantitative estimate of drug-likeness (QED) is 0.541. The van der Waals surface area contributed by atoms with Gasteiger partial charge in [0, 0.05) is 6.04 Å². The average Bonchev–Trinajstić information content (AvgIpc) is 1.84. The largest absolute Gasteiger partial charge is 0.464 e. The molecule has 1 atom stereocenters. The second-order valence-corrected chi connectivity index (χ2v) is 3.31. The second-order valence-electron chi connectivity index (χ2n) is 2.94. The number of rotatable bonds is 3. The van der Waals surface area contributed by atoms with E-state index in [2.05, 4.69) is 5.32 Å². The second kappa shape index (κ2) is 6.00. The summed E-state index contributed by atoms with van der Waals surface area (Å²) in [5.41, 5.74) is 0. The van der Waals surface area contributed by atoms with Crippen molar-refractivity contribution in [3.05, 3.63) is 12.2 Å². The number of allylic oxidation sites excluding steroid dienone is 1. The molecule has 0 aliphatic rings. The number of thiocarbonyl (C=S) groups is 1. The van der Waals surface area contributed by atoms with Gasteiger partial charge in [0.25, 0.3) is 5.17 Å². The van der Waals surface area contributed by atoms with E-state index >= 15 is 0 Å². The first-order valence-corrected chi connectivity index (χ1v) is 4.57. The molecule has 0 bridgehead atoms. The third kappa shape index (κ3) is 6.16. The molecular weight excluding hydrogens is 170 g/mol. The number of ether oxygens (including phenoxy) is 1. The molecule has 2 nitrogen and oxygen atoms in total. The van der Waals surface area contributed by atoms with E-state index < -0.39 is 0 Å². The standard InChI is InChI=1S/C9H17NOS/c1-5-6-8(4)11-9(12)10-7(2)3/h5-8H,1-4H3,(H,10,12)/b6-5+/t8-/m1/s1. The molecule has 0 aromatic carbocycles. The molecule has 12 heavy (non-hydrogen) atoms. The maximum Gasteiger partial charge on any atom is 0.257 e. The van der Waals surface area contributed by atoms with Crippen LogP contribution in [-0.2, 0) is 4.74 Å². The molecule has 0 saturated heterocycles. The summed E-state index contributed by atoms with van der Waals surface area (Å²) in [5, 5.41) is 3.48. The summed E-state index contributed by atoms with van der Waals surface area (Å²) in [7, 11) is 0. The van der Waals surface area contributed by atoms with Crippen LogP contribution < -0.4 is 5.32 Å². The zero-order chi connectivity index (χ0) is 9.56. The van der Waals surface area contributed by atoms with Crippen LogP contribution in [0.2, 0.25) is 0 Å². The molecule has 0 radical (unpaired) electrons. The van der Waals surface area contributed by atoms with Crippen molar-refractivity contribution in [3.8, 4) is 0 Å². The highest BCUT2D eigenvalue weighted by Gasteiger charge is 2.02. The van der Waals surface area contributed by atoms with E-state index in [9.17, 15) is 0 Å². The summed E-state index contributed by atoms with van der Waals surface area (Å²) in [5.74, 6) is 0. The van der Waals surface area contributed by atoms with Crippen molar-refractivity contribution >= 4 is 17.4 Å². The van der Waals surface area contributed by atoms with E-state index in [-0.39, 0.29) is 6.10 Å². The summed E-state index contributed by atoms with van der Waals surface area (Å²) in [6.07, 6.45) is 3.95. The van der Waals surface area contributed by atoms with E-state index in [1.54, 1.807) is 0 Å². The Balaban J connectivity index is 3.69. The van der Waals surface area contributed by atoms with E-state index in [0.717, 1.165) is 0 Å². The molecule has 0 aliphatic carbocycles. The Hall–Kier alpha value is -0.570. The molecule has 0 spiro atoms. The minimum Gasteiger partial charge on any atom is -0.464 e. The third-order valence-electron chi connectivity index (χ3n) is 1.16. The van der Waals surface area contributed by atoms with Gasteiger partial charge >= 0.3 is 0 Å². The zero-order valence-corrected chi connectivity index (χ0v) is 8.94. The van der Waals surface area contributed by atoms with Crippen LogP contribution in [-0.4, -0.2) is 17.3 Å². The molecule has 0 unspecified atom stereocenters. The minimum atomic E-state index is 0.0498. The van der Waals surface area contributed by atoms with Gasteiger partial charge in [-0.3, -0.25) is 0 Å². The molecule has 0 aliphatic heterocycles. The summed E-state index contributed by atoms with van der Waals surface area (Å²) in [6.45, 7) is 7.96. The molecule has 0 saturated carbocycles. The topological polar surface area (TPSA) is 21.3 Å². The van der Waals surface area contributed by atoms with Crippen LogP contribution in [0.3, 0.4) is 0 Å². The van der Waals surface area contributed by atoms with Gasteiger partial charge in [0.2, 0.25) is 0 Å². The Kier molecular flexibility index (Phi) is 5.72. The van der Waals surface area contributed by atoms with Crippen LogP contribution in [0.5, 0.6) is 0 Å². The van der Waals surface area contributed by atoms with Crippen molar-refractivity contribution in [1.29, 1.82) is 0 Å². The molecule has 0 amide bonds. The fourth-order valence-corrected chi connectivity index (χ4v) is 1.14. The SMILES string of the molecule is C/C=C/[C@@H](C)OC(=S)NC(C)C. The lowest BCUT2D eigenvalue weighted by Crippen LogP contribution is -2.32. The van der Waals surface area contributed by atoms with Gasteiger partial charge in [-0.05, 0) is 46.0 Å². The van der Waals surface area contributed by atoms with Crippen molar-refractivity contribution < 1.29 is 4.74 Å².